The maximum atomic E-state index is 12.6. The molecule has 0 heterocycles. The van der Waals surface area contributed by atoms with E-state index in [1.165, 1.54) is 6.07 Å². The van der Waals surface area contributed by atoms with Crippen molar-refractivity contribution >= 4 is 27.3 Å². The van der Waals surface area contributed by atoms with Crippen LogP contribution in [0.15, 0.2) is 17.0 Å². The van der Waals surface area contributed by atoms with Gasteiger partial charge in [0.05, 0.1) is 15.6 Å². The molecule has 6 heteroatoms. The molecule has 0 bridgehead atoms. The van der Waals surface area contributed by atoms with E-state index < -0.39 is 10.0 Å². The lowest BCUT2D eigenvalue weighted by molar-refractivity contribution is 0.212. The molecule has 1 aromatic carbocycles. The zero-order chi connectivity index (χ0) is 15.8. The summed E-state index contributed by atoms with van der Waals surface area (Å²) >= 11 is 5.93. The number of hydrogen-bond acceptors (Lipinski definition) is 3. The van der Waals surface area contributed by atoms with Crippen LogP contribution in [0.5, 0.6) is 0 Å². The van der Waals surface area contributed by atoms with E-state index in [-0.39, 0.29) is 22.0 Å². The molecule has 1 saturated carbocycles. The molecule has 118 valence electrons. The smallest absolute Gasteiger partial charge is 0.241 e. The van der Waals surface area contributed by atoms with Crippen LogP contribution in [0.1, 0.15) is 45.1 Å². The van der Waals surface area contributed by atoms with Gasteiger partial charge in [0.1, 0.15) is 0 Å². The molecule has 0 aliphatic heterocycles. The summed E-state index contributed by atoms with van der Waals surface area (Å²) in [5, 5.41) is 0.380. The van der Waals surface area contributed by atoms with Gasteiger partial charge in [-0.2, -0.15) is 0 Å². The van der Waals surface area contributed by atoms with Crippen LogP contribution in [0.3, 0.4) is 0 Å². The van der Waals surface area contributed by atoms with Gasteiger partial charge in [-0.3, -0.25) is 0 Å². The van der Waals surface area contributed by atoms with Gasteiger partial charge >= 0.3 is 0 Å². The number of halogens is 1. The summed E-state index contributed by atoms with van der Waals surface area (Å²) < 4.78 is 28.0. The zero-order valence-electron chi connectivity index (χ0n) is 12.7. The van der Waals surface area contributed by atoms with Crippen LogP contribution in [0, 0.1) is 12.3 Å². The number of nitrogens with two attached hydrogens (primary N) is 1. The average molecular weight is 331 g/mol. The summed E-state index contributed by atoms with van der Waals surface area (Å²) in [6, 6.07) is 3.01. The van der Waals surface area contributed by atoms with Crippen molar-refractivity contribution in [2.45, 2.75) is 57.4 Å². The van der Waals surface area contributed by atoms with Crippen LogP contribution >= 0.6 is 11.6 Å². The molecule has 1 aliphatic carbocycles. The van der Waals surface area contributed by atoms with E-state index in [1.54, 1.807) is 13.0 Å². The molecule has 1 aliphatic rings. The third-order valence-electron chi connectivity index (χ3n) is 4.11. The first-order chi connectivity index (χ1) is 9.61. The van der Waals surface area contributed by atoms with Crippen molar-refractivity contribution < 1.29 is 8.42 Å². The first kappa shape index (κ1) is 16.6. The third kappa shape index (κ3) is 3.90. The van der Waals surface area contributed by atoms with Crippen molar-refractivity contribution in [2.24, 2.45) is 5.41 Å². The van der Waals surface area contributed by atoms with Crippen molar-refractivity contribution in [3.05, 3.63) is 22.7 Å². The molecule has 2 rings (SSSR count). The molecular weight excluding hydrogens is 308 g/mol. The second kappa shape index (κ2) is 5.78. The van der Waals surface area contributed by atoms with Gasteiger partial charge in [0, 0.05) is 6.04 Å². The molecule has 0 aromatic heterocycles. The van der Waals surface area contributed by atoms with Crippen LogP contribution in [0.4, 0.5) is 5.69 Å². The highest BCUT2D eigenvalue weighted by Crippen LogP contribution is 2.36. The van der Waals surface area contributed by atoms with E-state index in [0.29, 0.717) is 10.6 Å². The van der Waals surface area contributed by atoms with Crippen molar-refractivity contribution in [3.8, 4) is 0 Å². The third-order valence-corrected chi connectivity index (χ3v) is 6.10. The summed E-state index contributed by atoms with van der Waals surface area (Å²) in [7, 11) is -3.57. The van der Waals surface area contributed by atoms with Crippen molar-refractivity contribution in [2.75, 3.05) is 5.73 Å². The number of nitrogens with one attached hydrogen (secondary N) is 1. The predicted molar refractivity (Wildman–Crippen MR) is 87.0 cm³/mol. The van der Waals surface area contributed by atoms with Crippen LogP contribution in [-0.4, -0.2) is 14.5 Å². The van der Waals surface area contributed by atoms with E-state index in [9.17, 15) is 8.42 Å². The average Bonchev–Trinajstić information content (AvgIpc) is 2.31. The first-order valence-electron chi connectivity index (χ1n) is 7.19. The Labute approximate surface area is 132 Å². The van der Waals surface area contributed by atoms with Crippen LogP contribution in [0.2, 0.25) is 5.02 Å². The highest BCUT2D eigenvalue weighted by Gasteiger charge is 2.31. The highest BCUT2D eigenvalue weighted by atomic mass is 35.5. The second-order valence-electron chi connectivity index (χ2n) is 6.72. The van der Waals surface area contributed by atoms with Gasteiger partial charge in [-0.25, -0.2) is 13.1 Å². The van der Waals surface area contributed by atoms with Crippen molar-refractivity contribution in [3.63, 3.8) is 0 Å². The number of hydrogen-bond donors (Lipinski definition) is 2. The topological polar surface area (TPSA) is 72.2 Å². The van der Waals surface area contributed by atoms with E-state index in [1.807, 2.05) is 0 Å². The lowest BCUT2D eigenvalue weighted by atomic mass is 9.75. The lowest BCUT2D eigenvalue weighted by Gasteiger charge is -2.35. The van der Waals surface area contributed by atoms with E-state index in [2.05, 4.69) is 18.6 Å². The molecule has 0 radical (unpaired) electrons. The van der Waals surface area contributed by atoms with Crippen LogP contribution in [-0.2, 0) is 10.0 Å². The summed E-state index contributed by atoms with van der Waals surface area (Å²) in [6.07, 6.45) is 3.92. The summed E-state index contributed by atoms with van der Waals surface area (Å²) in [5.74, 6) is 0. The minimum Gasteiger partial charge on any atom is -0.397 e. The fourth-order valence-corrected chi connectivity index (χ4v) is 4.79. The van der Waals surface area contributed by atoms with Gasteiger partial charge < -0.3 is 5.73 Å². The van der Waals surface area contributed by atoms with Gasteiger partial charge in [-0.1, -0.05) is 31.9 Å². The summed E-state index contributed by atoms with van der Waals surface area (Å²) in [4.78, 5) is 0.216. The number of nitrogen functional groups attached to an aromatic ring is 1. The summed E-state index contributed by atoms with van der Waals surface area (Å²) in [5.41, 5.74) is 6.81. The molecule has 1 atom stereocenters. The van der Waals surface area contributed by atoms with Gasteiger partial charge in [-0.05, 0) is 49.3 Å². The molecule has 0 spiro atoms. The maximum absolute atomic E-state index is 12.6. The fraction of sp³-hybridized carbons (Fsp3) is 0.600. The quantitative estimate of drug-likeness (QED) is 0.833. The number of sulfonamides is 1. The molecule has 4 nitrogen and oxygen atoms in total. The monoisotopic (exact) mass is 330 g/mol. The largest absolute Gasteiger partial charge is 0.397 e. The standard InChI is InChI=1S/C15H23ClN2O2S/c1-10-7-12(16)13(17)8-14(10)21(19,20)18-11-5-4-6-15(2,3)9-11/h7-8,11,18H,4-6,9,17H2,1-3H3. The number of aryl methyl sites for hydroxylation is 1. The number of rotatable bonds is 3. The second-order valence-corrected chi connectivity index (χ2v) is 8.81. The molecule has 0 saturated heterocycles. The van der Waals surface area contributed by atoms with E-state index in [0.717, 1.165) is 25.7 Å². The minimum absolute atomic E-state index is 0.0185. The first-order valence-corrected chi connectivity index (χ1v) is 9.05. The number of benzene rings is 1. The summed E-state index contributed by atoms with van der Waals surface area (Å²) in [6.45, 7) is 6.09. The Bertz CT molecular complexity index is 641. The molecule has 0 amide bonds. The Morgan fingerprint density at radius 3 is 2.67 bits per heavy atom. The predicted octanol–water partition coefficient (Wildman–Crippen LogP) is 3.48. The Kier molecular flexibility index (Phi) is 4.57. The molecule has 1 fully saturated rings. The molecule has 21 heavy (non-hydrogen) atoms. The minimum atomic E-state index is -3.57. The molecule has 1 unspecified atom stereocenters. The Morgan fingerprint density at radius 2 is 2.05 bits per heavy atom. The molecular formula is C15H23ClN2O2S. The lowest BCUT2D eigenvalue weighted by Crippen LogP contribution is -2.40. The van der Waals surface area contributed by atoms with Gasteiger partial charge in [0.25, 0.3) is 0 Å². The van der Waals surface area contributed by atoms with Gasteiger partial charge in [-0.15, -0.1) is 0 Å². The van der Waals surface area contributed by atoms with Gasteiger partial charge in [0.15, 0.2) is 0 Å². The van der Waals surface area contributed by atoms with E-state index in [4.69, 9.17) is 17.3 Å². The van der Waals surface area contributed by atoms with E-state index >= 15 is 0 Å². The Hall–Kier alpha value is -0.780. The van der Waals surface area contributed by atoms with Crippen LogP contribution < -0.4 is 10.5 Å². The van der Waals surface area contributed by atoms with Crippen molar-refractivity contribution in [1.29, 1.82) is 0 Å². The normalized spacial score (nSPS) is 22.2. The SMILES string of the molecule is Cc1cc(Cl)c(N)cc1S(=O)(=O)NC1CCCC(C)(C)C1. The highest BCUT2D eigenvalue weighted by molar-refractivity contribution is 7.89. The molecule has 3 N–H and O–H groups in total. The number of anilines is 1. The van der Waals surface area contributed by atoms with Gasteiger partial charge in [0.2, 0.25) is 10.0 Å². The Balaban J connectivity index is 2.25. The Morgan fingerprint density at radius 1 is 1.38 bits per heavy atom. The molecule has 1 aromatic rings. The van der Waals surface area contributed by atoms with Crippen molar-refractivity contribution in [1.82, 2.24) is 4.72 Å². The zero-order valence-corrected chi connectivity index (χ0v) is 14.3. The van der Waals surface area contributed by atoms with Crippen LogP contribution in [0.25, 0.3) is 0 Å². The maximum Gasteiger partial charge on any atom is 0.241 e. The fourth-order valence-electron chi connectivity index (χ4n) is 3.04.